The van der Waals surface area contributed by atoms with Gasteiger partial charge in [-0.3, -0.25) is 0 Å². The Balaban J connectivity index is 3.62. The summed E-state index contributed by atoms with van der Waals surface area (Å²) in [6, 6.07) is 0. The second-order valence-corrected chi connectivity index (χ2v) is 4.05. The molecule has 1 heterocycles. The van der Waals surface area contributed by atoms with Crippen LogP contribution in [0.25, 0.3) is 0 Å². The highest BCUT2D eigenvalue weighted by Crippen LogP contribution is 2.34. The number of nitrogens with zero attached hydrogens (tertiary/aromatic N) is 1. The van der Waals surface area contributed by atoms with Gasteiger partial charge in [-0.15, -0.1) is 0 Å². The van der Waals surface area contributed by atoms with Gasteiger partial charge < -0.3 is 5.11 Å². The van der Waals surface area contributed by atoms with Crippen molar-refractivity contribution in [2.75, 3.05) is 0 Å². The molecule has 0 aliphatic rings. The first-order valence-electron chi connectivity index (χ1n) is 3.43. The lowest BCUT2D eigenvalue weighted by molar-refractivity contribution is 0.142. The van der Waals surface area contributed by atoms with Gasteiger partial charge in [-0.2, -0.15) is 4.39 Å². The van der Waals surface area contributed by atoms with Gasteiger partial charge in [-0.25, -0.2) is 27.3 Å². The van der Waals surface area contributed by atoms with Gasteiger partial charge >= 0.3 is 0 Å². The van der Waals surface area contributed by atoms with Gasteiger partial charge in [0.2, 0.25) is 10.0 Å². The van der Waals surface area contributed by atoms with E-state index in [9.17, 15) is 21.6 Å². The molecular formula is C6H5F3N2O3S. The normalized spacial score (nSPS) is 12.1. The van der Waals surface area contributed by atoms with Gasteiger partial charge in [-0.05, 0) is 0 Å². The number of nitrogens with two attached hydrogens (primary N) is 1. The number of aromatic nitrogens is 1. The molecule has 1 aromatic rings. The maximum absolute atomic E-state index is 12.6. The molecule has 1 rings (SSSR count). The first kappa shape index (κ1) is 11.7. The molecule has 9 heteroatoms. The number of aromatic hydroxyl groups is 1. The van der Waals surface area contributed by atoms with Crippen LogP contribution in [0, 0.1) is 5.95 Å². The quantitative estimate of drug-likeness (QED) is 0.739. The molecule has 5 nitrogen and oxygen atoms in total. The summed E-state index contributed by atoms with van der Waals surface area (Å²) in [5.74, 6) is -3.10. The van der Waals surface area contributed by atoms with Crippen molar-refractivity contribution in [2.45, 2.75) is 11.3 Å². The molecule has 0 spiro atoms. The van der Waals surface area contributed by atoms with Crippen LogP contribution in [0.15, 0.2) is 11.1 Å². The SMILES string of the molecule is NS(=O)(=O)c1cnc(F)c(O)c1C(F)F. The summed E-state index contributed by atoms with van der Waals surface area (Å²) in [7, 11) is -4.49. The molecule has 0 saturated heterocycles. The molecular weight excluding hydrogens is 237 g/mol. The Morgan fingerprint density at radius 3 is 2.40 bits per heavy atom. The Morgan fingerprint density at radius 1 is 1.47 bits per heavy atom. The summed E-state index contributed by atoms with van der Waals surface area (Å²) >= 11 is 0. The monoisotopic (exact) mass is 242 g/mol. The zero-order chi connectivity index (χ0) is 11.8. The van der Waals surface area contributed by atoms with E-state index in [1.54, 1.807) is 0 Å². The number of rotatable bonds is 2. The standard InChI is InChI=1S/C6H5F3N2O3S/c7-5(8)3-2(15(10,13)14)1-11-6(9)4(3)12/h1,5,12H,(H2,10,13,14). The zero-order valence-electron chi connectivity index (χ0n) is 6.99. The molecule has 0 aliphatic carbocycles. The molecule has 0 aliphatic heterocycles. The molecule has 0 bridgehead atoms. The largest absolute Gasteiger partial charge is 0.503 e. The maximum atomic E-state index is 12.6. The Kier molecular flexibility index (Phi) is 2.86. The number of halogens is 3. The van der Waals surface area contributed by atoms with Crippen LogP contribution in [0.2, 0.25) is 0 Å². The number of hydrogen-bond acceptors (Lipinski definition) is 4. The van der Waals surface area contributed by atoms with E-state index < -0.39 is 38.6 Å². The van der Waals surface area contributed by atoms with E-state index in [0.717, 1.165) is 0 Å². The van der Waals surface area contributed by atoms with Gasteiger partial charge in [0, 0.05) is 0 Å². The van der Waals surface area contributed by atoms with E-state index in [1.165, 1.54) is 0 Å². The average Bonchev–Trinajstić information content (AvgIpc) is 2.06. The van der Waals surface area contributed by atoms with E-state index in [0.29, 0.717) is 6.20 Å². The Morgan fingerprint density at radius 2 is 2.00 bits per heavy atom. The molecule has 84 valence electrons. The van der Waals surface area contributed by atoms with E-state index in [1.807, 2.05) is 0 Å². The van der Waals surface area contributed by atoms with Crippen molar-refractivity contribution in [1.29, 1.82) is 0 Å². The molecule has 0 radical (unpaired) electrons. The molecule has 15 heavy (non-hydrogen) atoms. The Bertz CT molecular complexity index is 489. The number of alkyl halides is 2. The van der Waals surface area contributed by atoms with E-state index in [-0.39, 0.29) is 0 Å². The minimum absolute atomic E-state index is 0.325. The van der Waals surface area contributed by atoms with Crippen molar-refractivity contribution in [3.05, 3.63) is 17.7 Å². The number of sulfonamides is 1. The highest BCUT2D eigenvalue weighted by molar-refractivity contribution is 7.89. The van der Waals surface area contributed by atoms with Crippen LogP contribution in [-0.2, 0) is 10.0 Å². The van der Waals surface area contributed by atoms with Crippen molar-refractivity contribution >= 4 is 10.0 Å². The second kappa shape index (κ2) is 3.66. The maximum Gasteiger partial charge on any atom is 0.268 e. The van der Waals surface area contributed by atoms with Crippen molar-refractivity contribution in [3.63, 3.8) is 0 Å². The molecule has 0 atom stereocenters. The second-order valence-electron chi connectivity index (χ2n) is 2.52. The first-order chi connectivity index (χ1) is 6.75. The third-order valence-electron chi connectivity index (χ3n) is 1.54. The average molecular weight is 242 g/mol. The fourth-order valence-electron chi connectivity index (χ4n) is 0.911. The zero-order valence-corrected chi connectivity index (χ0v) is 7.80. The predicted molar refractivity (Wildman–Crippen MR) is 42.2 cm³/mol. The number of primary sulfonamides is 1. The van der Waals surface area contributed by atoms with Crippen LogP contribution in [0.4, 0.5) is 13.2 Å². The summed E-state index contributed by atoms with van der Waals surface area (Å²) in [5.41, 5.74) is -1.38. The van der Waals surface area contributed by atoms with Gasteiger partial charge in [0.25, 0.3) is 12.4 Å². The van der Waals surface area contributed by atoms with E-state index in [2.05, 4.69) is 10.1 Å². The lowest BCUT2D eigenvalue weighted by Gasteiger charge is -2.08. The van der Waals surface area contributed by atoms with Crippen LogP contribution in [-0.4, -0.2) is 18.5 Å². The highest BCUT2D eigenvalue weighted by atomic mass is 32.2. The molecule has 0 unspecified atom stereocenters. The van der Waals surface area contributed by atoms with Crippen molar-refractivity contribution in [1.82, 2.24) is 4.98 Å². The first-order valence-corrected chi connectivity index (χ1v) is 4.98. The van der Waals surface area contributed by atoms with E-state index in [4.69, 9.17) is 5.11 Å². The number of hydrogen-bond donors (Lipinski definition) is 2. The molecule has 0 saturated carbocycles. The molecule has 3 N–H and O–H groups in total. The smallest absolute Gasteiger partial charge is 0.268 e. The Hall–Kier alpha value is -1.35. The van der Waals surface area contributed by atoms with Gasteiger partial charge in [-0.1, -0.05) is 0 Å². The fraction of sp³-hybridized carbons (Fsp3) is 0.167. The van der Waals surface area contributed by atoms with Gasteiger partial charge in [0.15, 0.2) is 5.75 Å². The molecule has 0 amide bonds. The molecule has 0 fully saturated rings. The van der Waals surface area contributed by atoms with Gasteiger partial charge in [0.05, 0.1) is 11.8 Å². The van der Waals surface area contributed by atoms with Crippen LogP contribution in [0.3, 0.4) is 0 Å². The van der Waals surface area contributed by atoms with Crippen molar-refractivity contribution in [2.24, 2.45) is 5.14 Å². The van der Waals surface area contributed by atoms with Crippen LogP contribution >= 0.6 is 0 Å². The van der Waals surface area contributed by atoms with E-state index >= 15 is 0 Å². The summed E-state index contributed by atoms with van der Waals surface area (Å²) in [6.45, 7) is 0. The minimum atomic E-state index is -4.49. The van der Waals surface area contributed by atoms with Crippen LogP contribution in [0.5, 0.6) is 5.75 Å². The highest BCUT2D eigenvalue weighted by Gasteiger charge is 2.27. The molecule has 0 aromatic carbocycles. The third-order valence-corrected chi connectivity index (χ3v) is 2.47. The fourth-order valence-corrected chi connectivity index (χ4v) is 1.60. The summed E-state index contributed by atoms with van der Waals surface area (Å²) in [4.78, 5) is 1.68. The van der Waals surface area contributed by atoms with Crippen LogP contribution in [0.1, 0.15) is 12.0 Å². The third kappa shape index (κ3) is 2.18. The molecule has 1 aromatic heterocycles. The van der Waals surface area contributed by atoms with Crippen LogP contribution < -0.4 is 5.14 Å². The van der Waals surface area contributed by atoms with Crippen molar-refractivity contribution < 1.29 is 26.7 Å². The predicted octanol–water partition coefficient (Wildman–Crippen LogP) is 0.511. The summed E-state index contributed by atoms with van der Waals surface area (Å²) in [5, 5.41) is 13.5. The summed E-state index contributed by atoms with van der Waals surface area (Å²) in [6.07, 6.45) is -3.05. The minimum Gasteiger partial charge on any atom is -0.503 e. The topological polar surface area (TPSA) is 93.3 Å². The Labute approximate surface area is 82.4 Å². The van der Waals surface area contributed by atoms with Gasteiger partial charge in [0.1, 0.15) is 4.90 Å². The van der Waals surface area contributed by atoms with Crippen molar-refractivity contribution in [3.8, 4) is 5.75 Å². The number of pyridine rings is 1. The summed E-state index contributed by atoms with van der Waals surface area (Å²) < 4.78 is 58.8. The lowest BCUT2D eigenvalue weighted by Crippen LogP contribution is -2.16. The lowest BCUT2D eigenvalue weighted by atomic mass is 10.2.